The third-order valence-corrected chi connectivity index (χ3v) is 6.90. The summed E-state index contributed by atoms with van der Waals surface area (Å²) in [5.74, 6) is -2.71. The molecule has 4 heterocycles. The van der Waals surface area contributed by atoms with Crippen molar-refractivity contribution >= 4 is 35.3 Å². The minimum atomic E-state index is -0.979. The van der Waals surface area contributed by atoms with E-state index in [0.717, 1.165) is 24.4 Å². The number of aliphatic carboxylic acids is 1. The van der Waals surface area contributed by atoms with Crippen LogP contribution in [0.4, 0.5) is 5.69 Å². The topological polar surface area (TPSA) is 127 Å². The molecule has 0 aromatic heterocycles. The number of nitrogens with one attached hydrogen (secondary N) is 1. The van der Waals surface area contributed by atoms with Crippen LogP contribution in [0.3, 0.4) is 0 Å². The number of hydrogen-bond acceptors (Lipinski definition) is 7. The second kappa shape index (κ2) is 7.70. The van der Waals surface area contributed by atoms with Gasteiger partial charge in [-0.2, -0.15) is 0 Å². The van der Waals surface area contributed by atoms with Gasteiger partial charge in [-0.15, -0.1) is 0 Å². The van der Waals surface area contributed by atoms with Gasteiger partial charge in [-0.3, -0.25) is 34.2 Å². The van der Waals surface area contributed by atoms with Crippen LogP contribution in [0.25, 0.3) is 0 Å². The monoisotopic (exact) mass is 440 g/mol. The fraction of sp³-hybridized carbons (Fsp3) is 0.500. The molecule has 32 heavy (non-hydrogen) atoms. The number of carbonyl (C=O) groups is 5. The van der Waals surface area contributed by atoms with Crippen molar-refractivity contribution < 1.29 is 29.1 Å². The molecule has 1 aromatic carbocycles. The van der Waals surface area contributed by atoms with E-state index in [1.807, 2.05) is 6.07 Å². The molecular formula is C22H24N4O6. The van der Waals surface area contributed by atoms with Crippen molar-refractivity contribution in [2.45, 2.75) is 25.3 Å². The summed E-state index contributed by atoms with van der Waals surface area (Å²) in [4.78, 5) is 66.3. The number of carboxylic acid groups (broad SMARTS) is 1. The number of fused-ring (bicyclic) bond motifs is 1. The first-order valence-electron chi connectivity index (χ1n) is 10.9. The van der Waals surface area contributed by atoms with E-state index in [4.69, 9.17) is 5.11 Å². The Hall–Kier alpha value is -3.27. The van der Waals surface area contributed by atoms with E-state index in [1.165, 1.54) is 0 Å². The van der Waals surface area contributed by atoms with Crippen molar-refractivity contribution in [2.75, 3.05) is 37.6 Å². The number of carbonyl (C=O) groups excluding carboxylic acids is 4. The van der Waals surface area contributed by atoms with Gasteiger partial charge in [-0.25, -0.2) is 0 Å². The van der Waals surface area contributed by atoms with Gasteiger partial charge >= 0.3 is 5.97 Å². The van der Waals surface area contributed by atoms with Crippen LogP contribution in [0, 0.1) is 11.8 Å². The Labute approximate surface area is 184 Å². The second-order valence-electron chi connectivity index (χ2n) is 9.00. The van der Waals surface area contributed by atoms with Crippen LogP contribution in [0.2, 0.25) is 0 Å². The number of carboxylic acids is 1. The van der Waals surface area contributed by atoms with Gasteiger partial charge in [-0.05, 0) is 30.9 Å². The van der Waals surface area contributed by atoms with Crippen LogP contribution >= 0.6 is 0 Å². The van der Waals surface area contributed by atoms with Crippen LogP contribution in [-0.2, 0) is 14.4 Å². The molecule has 1 aromatic rings. The molecule has 10 heteroatoms. The minimum Gasteiger partial charge on any atom is -0.481 e. The molecule has 2 N–H and O–H groups in total. The molecule has 2 atom stereocenters. The van der Waals surface area contributed by atoms with Gasteiger partial charge in [0, 0.05) is 39.1 Å². The van der Waals surface area contributed by atoms with Crippen molar-refractivity contribution in [3.05, 3.63) is 29.3 Å². The van der Waals surface area contributed by atoms with E-state index in [9.17, 15) is 24.0 Å². The summed E-state index contributed by atoms with van der Waals surface area (Å²) in [6.45, 7) is 3.40. The fourth-order valence-corrected chi connectivity index (χ4v) is 5.20. The third kappa shape index (κ3) is 3.35. The Morgan fingerprint density at radius 3 is 2.56 bits per heavy atom. The van der Waals surface area contributed by atoms with Crippen LogP contribution in [0.1, 0.15) is 40.0 Å². The maximum absolute atomic E-state index is 13.3. The van der Waals surface area contributed by atoms with Gasteiger partial charge in [0.25, 0.3) is 11.8 Å². The maximum Gasteiger partial charge on any atom is 0.309 e. The summed E-state index contributed by atoms with van der Waals surface area (Å²) in [5.41, 5.74) is 1.29. The highest BCUT2D eigenvalue weighted by Gasteiger charge is 2.46. The molecule has 4 aliphatic heterocycles. The predicted molar refractivity (Wildman–Crippen MR) is 111 cm³/mol. The van der Waals surface area contributed by atoms with Crippen LogP contribution in [0.15, 0.2) is 18.2 Å². The fourth-order valence-electron chi connectivity index (χ4n) is 5.20. The predicted octanol–water partition coefficient (Wildman–Crippen LogP) is -0.0695. The summed E-state index contributed by atoms with van der Waals surface area (Å²) < 4.78 is 0. The van der Waals surface area contributed by atoms with Gasteiger partial charge < -0.3 is 14.9 Å². The summed E-state index contributed by atoms with van der Waals surface area (Å²) >= 11 is 0. The average molecular weight is 440 g/mol. The van der Waals surface area contributed by atoms with Crippen molar-refractivity contribution in [3.63, 3.8) is 0 Å². The maximum atomic E-state index is 13.3. The van der Waals surface area contributed by atoms with Crippen molar-refractivity contribution in [1.82, 2.24) is 15.1 Å². The highest BCUT2D eigenvalue weighted by atomic mass is 16.4. The first kappa shape index (κ1) is 20.6. The highest BCUT2D eigenvalue weighted by Crippen LogP contribution is 2.36. The average Bonchev–Trinajstić information content (AvgIpc) is 3.28. The number of hydrogen-bond donors (Lipinski definition) is 2. The molecule has 2 unspecified atom stereocenters. The molecule has 0 aliphatic carbocycles. The number of anilines is 1. The largest absolute Gasteiger partial charge is 0.481 e. The molecule has 3 fully saturated rings. The Balaban J connectivity index is 1.31. The zero-order valence-electron chi connectivity index (χ0n) is 17.5. The third-order valence-electron chi connectivity index (χ3n) is 6.90. The highest BCUT2D eigenvalue weighted by molar-refractivity contribution is 6.25. The Kier molecular flexibility index (Phi) is 4.96. The van der Waals surface area contributed by atoms with Gasteiger partial charge in [0.1, 0.15) is 6.04 Å². The summed E-state index contributed by atoms with van der Waals surface area (Å²) in [5, 5.41) is 11.3. The lowest BCUT2D eigenvalue weighted by Gasteiger charge is -2.38. The van der Waals surface area contributed by atoms with Crippen molar-refractivity contribution in [3.8, 4) is 0 Å². The zero-order valence-corrected chi connectivity index (χ0v) is 17.5. The normalized spacial score (nSPS) is 26.4. The number of amides is 4. The number of piperidine rings is 1. The molecule has 5 rings (SSSR count). The van der Waals surface area contributed by atoms with E-state index in [0.29, 0.717) is 36.8 Å². The molecule has 0 radical (unpaired) electrons. The summed E-state index contributed by atoms with van der Waals surface area (Å²) in [6.07, 6.45) is 1.13. The Bertz CT molecular complexity index is 1030. The molecule has 4 amide bonds. The number of imide groups is 2. The number of benzene rings is 1. The molecule has 168 valence electrons. The Morgan fingerprint density at radius 2 is 1.84 bits per heavy atom. The summed E-state index contributed by atoms with van der Waals surface area (Å²) in [6, 6.07) is 4.19. The number of rotatable bonds is 5. The quantitative estimate of drug-likeness (QED) is 0.609. The standard InChI is InChI=1S/C22H24N4O6/c27-17-5-4-16(19(28)23-17)26-20(29)14-2-1-3-15(18(14)21(26)30)25-7-6-12(9-25)8-24-10-13(11-24)22(31)32/h1-3,12-13,16H,4-11H2,(H,31,32)(H,23,27,28). The summed E-state index contributed by atoms with van der Waals surface area (Å²) in [7, 11) is 0. The minimum absolute atomic E-state index is 0.0870. The molecule has 0 saturated carbocycles. The molecule has 0 bridgehead atoms. The SMILES string of the molecule is O=C1CCC(N2C(=O)c3cccc(N4CCC(CN5CC(C(=O)O)C5)C4)c3C2=O)C(=O)N1. The van der Waals surface area contributed by atoms with E-state index in [2.05, 4.69) is 15.1 Å². The van der Waals surface area contributed by atoms with E-state index in [-0.39, 0.29) is 24.3 Å². The van der Waals surface area contributed by atoms with Crippen molar-refractivity contribution in [1.29, 1.82) is 0 Å². The lowest BCUT2D eigenvalue weighted by Crippen LogP contribution is -2.54. The molecule has 0 spiro atoms. The van der Waals surface area contributed by atoms with E-state index >= 15 is 0 Å². The van der Waals surface area contributed by atoms with E-state index < -0.39 is 35.6 Å². The van der Waals surface area contributed by atoms with Gasteiger partial charge in [0.2, 0.25) is 11.8 Å². The van der Waals surface area contributed by atoms with E-state index in [1.54, 1.807) is 12.1 Å². The molecule has 4 aliphatic rings. The van der Waals surface area contributed by atoms with Crippen LogP contribution in [0.5, 0.6) is 0 Å². The van der Waals surface area contributed by atoms with Crippen LogP contribution < -0.4 is 10.2 Å². The lowest BCUT2D eigenvalue weighted by atomic mass is 9.98. The second-order valence-corrected chi connectivity index (χ2v) is 9.00. The molecule has 3 saturated heterocycles. The lowest BCUT2D eigenvalue weighted by molar-refractivity contribution is -0.147. The first-order valence-corrected chi connectivity index (χ1v) is 10.9. The van der Waals surface area contributed by atoms with Crippen LogP contribution in [-0.4, -0.2) is 83.3 Å². The number of nitrogens with zero attached hydrogens (tertiary/aromatic N) is 3. The van der Waals surface area contributed by atoms with Crippen molar-refractivity contribution in [2.24, 2.45) is 11.8 Å². The molecule has 10 nitrogen and oxygen atoms in total. The smallest absolute Gasteiger partial charge is 0.309 e. The van der Waals surface area contributed by atoms with Gasteiger partial charge in [0.05, 0.1) is 22.7 Å². The number of likely N-dealkylation sites (tertiary alicyclic amines) is 1. The van der Waals surface area contributed by atoms with Gasteiger partial charge in [0.15, 0.2) is 0 Å². The first-order chi connectivity index (χ1) is 15.3. The molecular weight excluding hydrogens is 416 g/mol. The zero-order chi connectivity index (χ0) is 22.6. The Morgan fingerprint density at radius 1 is 1.06 bits per heavy atom. The van der Waals surface area contributed by atoms with Gasteiger partial charge in [-0.1, -0.05) is 6.07 Å².